The molecule has 0 bridgehead atoms. The molecule has 0 unspecified atom stereocenters. The van der Waals surface area contributed by atoms with Crippen LogP contribution in [0.1, 0.15) is 52.7 Å². The van der Waals surface area contributed by atoms with E-state index in [0.717, 1.165) is 94.1 Å². The van der Waals surface area contributed by atoms with Gasteiger partial charge in [0.15, 0.2) is 0 Å². The maximum Gasteiger partial charge on any atom is 0.148 e. The zero-order valence-electron chi connectivity index (χ0n) is 34.4. The zero-order valence-corrected chi connectivity index (χ0v) is 36.7. The Morgan fingerprint density at radius 1 is 0.617 bits per heavy atom. The molecule has 298 valence electrons. The molecular formula is C54H44N3O2Pt-. The van der Waals surface area contributed by atoms with E-state index in [1.165, 1.54) is 0 Å². The molecule has 0 amide bonds. The number of phenols is 1. The van der Waals surface area contributed by atoms with Crippen molar-refractivity contribution in [3.05, 3.63) is 169 Å². The standard InChI is InChI=1S/C54H44N3O2.Pt/c1-53(2,3)39-31-44(50(58)45(32-39)54(4,5)6)52-56-49-41(22-15-23-46(49)57(52)40-20-11-8-12-21-40)37-26-36(33-16-9-7-10-17-33)27-38(28-37)48-51-42(24-25-55-48)43-29-34-18-13-14-19-35(34)30-47(43)59-51;/h7-27,29-32,58H,1-6H3;/q-1;. The van der Waals surface area contributed by atoms with Crippen LogP contribution in [0.5, 0.6) is 5.75 Å². The molecule has 0 radical (unpaired) electrons. The number of pyridine rings is 1. The van der Waals surface area contributed by atoms with E-state index >= 15 is 0 Å². The largest absolute Gasteiger partial charge is 0.507 e. The van der Waals surface area contributed by atoms with E-state index in [9.17, 15) is 5.11 Å². The van der Waals surface area contributed by atoms with Crippen molar-refractivity contribution in [2.45, 2.75) is 52.4 Å². The van der Waals surface area contributed by atoms with Gasteiger partial charge < -0.3 is 9.52 Å². The molecule has 0 aliphatic rings. The monoisotopic (exact) mass is 961 g/mol. The number of hydrogen-bond donors (Lipinski definition) is 1. The summed E-state index contributed by atoms with van der Waals surface area (Å²) in [5.74, 6) is 0.922. The van der Waals surface area contributed by atoms with Gasteiger partial charge in [0.2, 0.25) is 0 Å². The summed E-state index contributed by atoms with van der Waals surface area (Å²) in [4.78, 5) is 10.5. The summed E-state index contributed by atoms with van der Waals surface area (Å²) < 4.78 is 8.86. The van der Waals surface area contributed by atoms with Crippen molar-refractivity contribution >= 4 is 43.7 Å². The molecule has 0 fully saturated rings. The number of para-hydroxylation sites is 2. The first-order chi connectivity index (χ1) is 28.4. The quantitative estimate of drug-likeness (QED) is 0.175. The van der Waals surface area contributed by atoms with Crippen molar-refractivity contribution in [1.29, 1.82) is 0 Å². The predicted octanol–water partition coefficient (Wildman–Crippen LogP) is 14.2. The van der Waals surface area contributed by atoms with Crippen LogP contribution in [0.25, 0.3) is 94.3 Å². The normalized spacial score (nSPS) is 12.1. The Labute approximate surface area is 364 Å². The third-order valence-electron chi connectivity index (χ3n) is 11.5. The van der Waals surface area contributed by atoms with Gasteiger partial charge in [-0.2, -0.15) is 0 Å². The average molecular weight is 962 g/mol. The fourth-order valence-electron chi connectivity index (χ4n) is 8.36. The van der Waals surface area contributed by atoms with Crippen LogP contribution in [0, 0.1) is 6.07 Å². The van der Waals surface area contributed by atoms with Crippen molar-refractivity contribution in [3.8, 4) is 56.3 Å². The maximum atomic E-state index is 12.2. The number of nitrogens with zero attached hydrogens (tertiary/aromatic N) is 3. The van der Waals surface area contributed by atoms with Crippen LogP contribution in [0.15, 0.2) is 156 Å². The van der Waals surface area contributed by atoms with E-state index < -0.39 is 0 Å². The summed E-state index contributed by atoms with van der Waals surface area (Å²) >= 11 is 0. The molecule has 0 aliphatic carbocycles. The van der Waals surface area contributed by atoms with E-state index in [0.29, 0.717) is 11.4 Å². The summed E-state index contributed by atoms with van der Waals surface area (Å²) in [7, 11) is 0. The van der Waals surface area contributed by atoms with Gasteiger partial charge in [-0.15, -0.1) is 23.8 Å². The Morgan fingerprint density at radius 3 is 2.02 bits per heavy atom. The van der Waals surface area contributed by atoms with E-state index in [1.54, 1.807) is 0 Å². The van der Waals surface area contributed by atoms with Crippen LogP contribution < -0.4 is 0 Å². The van der Waals surface area contributed by atoms with Crippen molar-refractivity contribution < 1.29 is 30.6 Å². The molecule has 3 aromatic heterocycles. The third-order valence-corrected chi connectivity index (χ3v) is 11.5. The maximum absolute atomic E-state index is 12.2. The molecule has 1 N–H and O–H groups in total. The first-order valence-electron chi connectivity index (χ1n) is 20.2. The Morgan fingerprint density at radius 2 is 1.30 bits per heavy atom. The Kier molecular flexibility index (Phi) is 9.64. The van der Waals surface area contributed by atoms with Gasteiger partial charge in [0, 0.05) is 55.0 Å². The van der Waals surface area contributed by atoms with Crippen LogP contribution in [-0.2, 0) is 31.9 Å². The number of imidazole rings is 1. The van der Waals surface area contributed by atoms with E-state index in [2.05, 4.69) is 167 Å². The predicted molar refractivity (Wildman–Crippen MR) is 243 cm³/mol. The van der Waals surface area contributed by atoms with E-state index in [-0.39, 0.29) is 37.6 Å². The molecule has 6 heteroatoms. The van der Waals surface area contributed by atoms with Crippen LogP contribution in [0.2, 0.25) is 0 Å². The van der Waals surface area contributed by atoms with Crippen LogP contribution in [-0.4, -0.2) is 19.6 Å². The Bertz CT molecular complexity index is 3240. The van der Waals surface area contributed by atoms with Crippen molar-refractivity contribution in [3.63, 3.8) is 0 Å². The number of aromatic hydroxyl groups is 1. The van der Waals surface area contributed by atoms with Gasteiger partial charge in [-0.3, -0.25) is 9.55 Å². The smallest absolute Gasteiger partial charge is 0.148 e. The van der Waals surface area contributed by atoms with Gasteiger partial charge in [0.05, 0.1) is 16.6 Å². The summed E-state index contributed by atoms with van der Waals surface area (Å²) in [5, 5.41) is 16.6. The van der Waals surface area contributed by atoms with E-state index in [4.69, 9.17) is 14.4 Å². The third kappa shape index (κ3) is 6.72. The fraction of sp³-hybridized carbons (Fsp3) is 0.148. The van der Waals surface area contributed by atoms with Crippen LogP contribution in [0.4, 0.5) is 0 Å². The van der Waals surface area contributed by atoms with Crippen molar-refractivity contribution in [1.82, 2.24) is 14.5 Å². The SMILES string of the molecule is CC(C)(C)c1cc(-c2nc3c(-c4[c-]c(-c5nccc6c5oc5cc7ccccc7cc56)cc(-c5ccccc5)c4)cccc3n2-c2ccccc2)c(O)c(C(C)(C)C)c1.[Pt]. The molecule has 0 spiro atoms. The molecule has 10 aromatic rings. The molecule has 0 aliphatic heterocycles. The van der Waals surface area contributed by atoms with Crippen molar-refractivity contribution in [2.75, 3.05) is 0 Å². The van der Waals surface area contributed by atoms with Gasteiger partial charge in [-0.25, -0.2) is 4.98 Å². The average Bonchev–Trinajstić information content (AvgIpc) is 3.81. The molecule has 60 heavy (non-hydrogen) atoms. The molecule has 10 rings (SSSR count). The summed E-state index contributed by atoms with van der Waals surface area (Å²) in [6, 6.07) is 54.2. The molecule has 0 atom stereocenters. The minimum Gasteiger partial charge on any atom is -0.507 e. The van der Waals surface area contributed by atoms with Gasteiger partial charge in [0.25, 0.3) is 0 Å². The van der Waals surface area contributed by atoms with Crippen molar-refractivity contribution in [2.24, 2.45) is 0 Å². The number of rotatable bonds is 5. The number of furan rings is 1. The second-order valence-electron chi connectivity index (χ2n) is 17.6. The first kappa shape index (κ1) is 39.2. The minimum atomic E-state index is -0.303. The van der Waals surface area contributed by atoms with Gasteiger partial charge in [-0.1, -0.05) is 149 Å². The van der Waals surface area contributed by atoms with Gasteiger partial charge in [0.1, 0.15) is 22.7 Å². The number of phenolic OH excluding ortho intramolecular Hbond substituents is 1. The minimum absolute atomic E-state index is 0. The molecule has 0 saturated carbocycles. The number of hydrogen-bond acceptors (Lipinski definition) is 4. The topological polar surface area (TPSA) is 64.1 Å². The number of aromatic nitrogens is 3. The van der Waals surface area contributed by atoms with Gasteiger partial charge in [-0.05, 0) is 75.2 Å². The molecule has 3 heterocycles. The van der Waals surface area contributed by atoms with Crippen LogP contribution >= 0.6 is 0 Å². The summed E-state index contributed by atoms with van der Waals surface area (Å²) in [5.41, 5.74) is 11.9. The Hall–Kier alpha value is -6.29. The van der Waals surface area contributed by atoms with Gasteiger partial charge >= 0.3 is 0 Å². The molecule has 7 aromatic carbocycles. The zero-order chi connectivity index (χ0) is 40.6. The molecule has 5 nitrogen and oxygen atoms in total. The summed E-state index contributed by atoms with van der Waals surface area (Å²) in [6.45, 7) is 13.1. The first-order valence-corrected chi connectivity index (χ1v) is 20.2. The Balaban J connectivity index is 0.00000462. The second-order valence-corrected chi connectivity index (χ2v) is 17.6. The molecular weight excluding hydrogens is 918 g/mol. The van der Waals surface area contributed by atoms with Crippen LogP contribution in [0.3, 0.4) is 0 Å². The number of fused-ring (bicyclic) bond motifs is 5. The summed E-state index contributed by atoms with van der Waals surface area (Å²) in [6.07, 6.45) is 1.86. The fourth-order valence-corrected chi connectivity index (χ4v) is 8.36. The van der Waals surface area contributed by atoms with E-state index in [1.807, 2.05) is 36.5 Å². The number of benzene rings is 7. The molecule has 0 saturated heterocycles. The second kappa shape index (κ2) is 14.8.